The second-order valence-electron chi connectivity index (χ2n) is 7.43. The van der Waals surface area contributed by atoms with Crippen LogP contribution < -0.4 is 16.4 Å². The number of methoxy groups -OCH3 is 1. The maximum atomic E-state index is 12.1. The van der Waals surface area contributed by atoms with Gasteiger partial charge >= 0.3 is 6.03 Å². The third-order valence-corrected chi connectivity index (χ3v) is 5.48. The van der Waals surface area contributed by atoms with Crippen LogP contribution >= 0.6 is 0 Å². The van der Waals surface area contributed by atoms with Gasteiger partial charge in [0, 0.05) is 32.5 Å². The van der Waals surface area contributed by atoms with Gasteiger partial charge in [0.15, 0.2) is 0 Å². The Hall–Kier alpha value is -2.12. The van der Waals surface area contributed by atoms with E-state index in [9.17, 15) is 9.59 Å². The molecule has 1 aromatic carbocycles. The van der Waals surface area contributed by atoms with E-state index >= 15 is 0 Å². The summed E-state index contributed by atoms with van der Waals surface area (Å²) in [6.07, 6.45) is 2.14. The molecule has 7 heteroatoms. The van der Waals surface area contributed by atoms with Crippen molar-refractivity contribution < 1.29 is 14.3 Å². The predicted octanol–water partition coefficient (Wildman–Crippen LogP) is 2.03. The van der Waals surface area contributed by atoms with Crippen molar-refractivity contribution in [3.05, 3.63) is 29.3 Å². The molecule has 0 aromatic heterocycles. The molecule has 1 aliphatic rings. The Labute approximate surface area is 161 Å². The second-order valence-corrected chi connectivity index (χ2v) is 7.43. The van der Waals surface area contributed by atoms with E-state index < -0.39 is 5.41 Å². The summed E-state index contributed by atoms with van der Waals surface area (Å²) in [6.45, 7) is 7.41. The van der Waals surface area contributed by atoms with Crippen LogP contribution in [0.5, 0.6) is 0 Å². The fourth-order valence-electron chi connectivity index (χ4n) is 3.49. The number of primary amides is 1. The average Bonchev–Trinajstić information content (AvgIpc) is 2.64. The third-order valence-electron chi connectivity index (χ3n) is 5.48. The minimum absolute atomic E-state index is 0.202. The summed E-state index contributed by atoms with van der Waals surface area (Å²) in [6, 6.07) is 5.77. The number of nitrogens with zero attached hydrogens (tertiary/aromatic N) is 1. The van der Waals surface area contributed by atoms with Crippen LogP contribution in [0.15, 0.2) is 18.2 Å². The Balaban J connectivity index is 1.74. The van der Waals surface area contributed by atoms with E-state index in [2.05, 4.69) is 15.5 Å². The van der Waals surface area contributed by atoms with Gasteiger partial charge in [-0.05, 0) is 63.4 Å². The molecule has 27 heavy (non-hydrogen) atoms. The molecule has 0 aliphatic carbocycles. The van der Waals surface area contributed by atoms with Crippen molar-refractivity contribution in [2.45, 2.75) is 33.1 Å². The first-order valence-electron chi connectivity index (χ1n) is 9.49. The summed E-state index contributed by atoms with van der Waals surface area (Å²) < 4.78 is 5.13. The van der Waals surface area contributed by atoms with Gasteiger partial charge in [-0.1, -0.05) is 12.1 Å². The van der Waals surface area contributed by atoms with E-state index in [-0.39, 0.29) is 11.9 Å². The molecule has 3 amide bonds. The molecule has 0 bridgehead atoms. The molecule has 1 aliphatic heterocycles. The lowest BCUT2D eigenvalue weighted by atomic mass is 9.75. The van der Waals surface area contributed by atoms with E-state index in [0.717, 1.165) is 49.3 Å². The fraction of sp³-hybridized carbons (Fsp3) is 0.600. The number of anilines is 1. The molecule has 150 valence electrons. The molecule has 1 aromatic rings. The number of hydrogen-bond donors (Lipinski definition) is 3. The number of carbonyl (C=O) groups is 2. The van der Waals surface area contributed by atoms with E-state index in [1.165, 1.54) is 0 Å². The van der Waals surface area contributed by atoms with E-state index in [1.807, 2.05) is 32.0 Å². The lowest BCUT2D eigenvalue weighted by Crippen LogP contribution is -2.49. The smallest absolute Gasteiger partial charge is 0.319 e. The molecule has 1 saturated heterocycles. The van der Waals surface area contributed by atoms with Gasteiger partial charge in [-0.2, -0.15) is 0 Å². The Morgan fingerprint density at radius 3 is 2.59 bits per heavy atom. The molecule has 1 heterocycles. The van der Waals surface area contributed by atoms with Crippen molar-refractivity contribution >= 4 is 17.6 Å². The summed E-state index contributed by atoms with van der Waals surface area (Å²) >= 11 is 0. The molecular weight excluding hydrogens is 344 g/mol. The van der Waals surface area contributed by atoms with Gasteiger partial charge in [0.05, 0.1) is 5.41 Å². The average molecular weight is 377 g/mol. The summed E-state index contributed by atoms with van der Waals surface area (Å²) in [7, 11) is 1.64. The Morgan fingerprint density at radius 2 is 1.96 bits per heavy atom. The molecule has 2 rings (SSSR count). The number of benzene rings is 1. The zero-order valence-corrected chi connectivity index (χ0v) is 16.6. The highest BCUT2D eigenvalue weighted by atomic mass is 16.5. The van der Waals surface area contributed by atoms with Crippen LogP contribution in [-0.2, 0) is 9.53 Å². The summed E-state index contributed by atoms with van der Waals surface area (Å²) in [4.78, 5) is 26.3. The number of rotatable bonds is 8. The molecule has 0 radical (unpaired) electrons. The molecular formula is C20H32N4O3. The standard InChI is InChI=1S/C20H32N4O3/c1-15-4-5-16(2)17(14-15)23-19(26)22-9-12-24-10-6-20(7-11-24,18(21)25)8-13-27-3/h4-5,14H,6-13H2,1-3H3,(H2,21,25)(H2,22,23,26). The third kappa shape index (κ3) is 5.94. The zero-order chi connectivity index (χ0) is 19.9. The van der Waals surface area contributed by atoms with Crippen molar-refractivity contribution in [3.63, 3.8) is 0 Å². The lowest BCUT2D eigenvalue weighted by molar-refractivity contribution is -0.131. The number of amides is 3. The van der Waals surface area contributed by atoms with Gasteiger partial charge < -0.3 is 26.0 Å². The quantitative estimate of drug-likeness (QED) is 0.647. The van der Waals surface area contributed by atoms with Crippen LogP contribution in [0, 0.1) is 19.3 Å². The second kappa shape index (κ2) is 9.71. The van der Waals surface area contributed by atoms with Crippen LogP contribution in [0.3, 0.4) is 0 Å². The highest BCUT2D eigenvalue weighted by molar-refractivity contribution is 5.90. The van der Waals surface area contributed by atoms with Crippen LogP contribution in [-0.4, -0.2) is 56.7 Å². The minimum atomic E-state index is -0.458. The first kappa shape index (κ1) is 21.2. The van der Waals surface area contributed by atoms with Crippen LogP contribution in [0.2, 0.25) is 0 Å². The Kier molecular flexibility index (Phi) is 7.62. The summed E-state index contributed by atoms with van der Waals surface area (Å²) in [5.74, 6) is -0.231. The van der Waals surface area contributed by atoms with Crippen molar-refractivity contribution in [1.29, 1.82) is 0 Å². The lowest BCUT2D eigenvalue weighted by Gasteiger charge is -2.39. The predicted molar refractivity (Wildman–Crippen MR) is 107 cm³/mol. The van der Waals surface area contributed by atoms with Gasteiger partial charge in [0.2, 0.25) is 5.91 Å². The van der Waals surface area contributed by atoms with E-state index in [4.69, 9.17) is 10.5 Å². The molecule has 0 saturated carbocycles. The SMILES string of the molecule is COCCC1(C(N)=O)CCN(CCNC(=O)Nc2cc(C)ccc2C)CC1. The number of urea groups is 1. The van der Waals surface area contributed by atoms with Gasteiger partial charge in [0.1, 0.15) is 0 Å². The number of hydrogen-bond acceptors (Lipinski definition) is 4. The van der Waals surface area contributed by atoms with Gasteiger partial charge in [-0.3, -0.25) is 4.79 Å². The van der Waals surface area contributed by atoms with Crippen molar-refractivity contribution in [2.75, 3.05) is 45.2 Å². The first-order valence-corrected chi connectivity index (χ1v) is 9.49. The maximum absolute atomic E-state index is 12.1. The van der Waals surface area contributed by atoms with Crippen molar-refractivity contribution in [1.82, 2.24) is 10.2 Å². The largest absolute Gasteiger partial charge is 0.385 e. The molecule has 1 fully saturated rings. The number of carbonyl (C=O) groups excluding carboxylic acids is 2. The monoisotopic (exact) mass is 376 g/mol. The highest BCUT2D eigenvalue weighted by Crippen LogP contribution is 2.34. The highest BCUT2D eigenvalue weighted by Gasteiger charge is 2.39. The molecule has 0 spiro atoms. The minimum Gasteiger partial charge on any atom is -0.385 e. The number of likely N-dealkylation sites (tertiary alicyclic amines) is 1. The van der Waals surface area contributed by atoms with Crippen molar-refractivity contribution in [3.8, 4) is 0 Å². The van der Waals surface area contributed by atoms with E-state index in [0.29, 0.717) is 19.6 Å². The van der Waals surface area contributed by atoms with E-state index in [1.54, 1.807) is 7.11 Å². The normalized spacial score (nSPS) is 16.7. The Bertz CT molecular complexity index is 655. The van der Waals surface area contributed by atoms with Crippen LogP contribution in [0.1, 0.15) is 30.4 Å². The number of nitrogens with two attached hydrogens (primary N) is 1. The molecule has 4 N–H and O–H groups in total. The Morgan fingerprint density at radius 1 is 1.26 bits per heavy atom. The fourth-order valence-corrected chi connectivity index (χ4v) is 3.49. The van der Waals surface area contributed by atoms with Gasteiger partial charge in [-0.25, -0.2) is 4.79 Å². The first-order chi connectivity index (χ1) is 12.9. The maximum Gasteiger partial charge on any atom is 0.319 e. The topological polar surface area (TPSA) is 96.7 Å². The number of piperidine rings is 1. The number of ether oxygens (including phenoxy) is 1. The molecule has 7 nitrogen and oxygen atoms in total. The zero-order valence-electron chi connectivity index (χ0n) is 16.6. The van der Waals surface area contributed by atoms with Crippen LogP contribution in [0.25, 0.3) is 0 Å². The number of nitrogens with one attached hydrogen (secondary N) is 2. The number of aryl methyl sites for hydroxylation is 2. The van der Waals surface area contributed by atoms with Gasteiger partial charge in [-0.15, -0.1) is 0 Å². The van der Waals surface area contributed by atoms with Gasteiger partial charge in [0.25, 0.3) is 0 Å². The van der Waals surface area contributed by atoms with Crippen molar-refractivity contribution in [2.24, 2.45) is 11.1 Å². The molecule has 0 atom stereocenters. The summed E-state index contributed by atoms with van der Waals surface area (Å²) in [5, 5.41) is 5.80. The summed E-state index contributed by atoms with van der Waals surface area (Å²) in [5.41, 5.74) is 8.16. The van der Waals surface area contributed by atoms with Crippen LogP contribution in [0.4, 0.5) is 10.5 Å². The molecule has 0 unspecified atom stereocenters.